The van der Waals surface area contributed by atoms with Crippen LogP contribution in [-0.4, -0.2) is 38.7 Å². The smallest absolute Gasteiger partial charge is 0.416 e. The Hall–Kier alpha value is -2.39. The third-order valence-electron chi connectivity index (χ3n) is 5.02. The fourth-order valence-electron chi connectivity index (χ4n) is 3.31. The van der Waals surface area contributed by atoms with Crippen LogP contribution in [-0.2, 0) is 16.2 Å². The van der Waals surface area contributed by atoms with E-state index >= 15 is 0 Å². The maximum absolute atomic E-state index is 12.7. The number of carbonyl (C=O) groups is 1. The van der Waals surface area contributed by atoms with Crippen molar-refractivity contribution < 1.29 is 31.1 Å². The molecule has 2 aromatic carbocycles. The molecule has 1 fully saturated rings. The Bertz CT molecular complexity index is 962. The first-order valence-corrected chi connectivity index (χ1v) is 10.4. The lowest BCUT2D eigenvalue weighted by Gasteiger charge is -2.30. The number of ketones is 1. The van der Waals surface area contributed by atoms with Crippen LogP contribution in [0.1, 0.15) is 28.8 Å². The third kappa shape index (κ3) is 4.62. The zero-order valence-electron chi connectivity index (χ0n) is 15.6. The molecule has 0 N–H and O–H groups in total. The number of rotatable bonds is 5. The van der Waals surface area contributed by atoms with Gasteiger partial charge < -0.3 is 4.74 Å². The summed E-state index contributed by atoms with van der Waals surface area (Å²) in [7, 11) is -2.38. The van der Waals surface area contributed by atoms with E-state index in [1.807, 2.05) is 0 Å². The number of alkyl halides is 3. The largest absolute Gasteiger partial charge is 0.497 e. The molecule has 0 aliphatic carbocycles. The standard InChI is InChI=1S/C20H20F3NO4S/c1-28-17-6-2-14(3-7-17)19(25)15-10-12-24(13-11-15)29(26,27)18-8-4-16(5-9-18)20(21,22)23/h2-9,15H,10-13H2,1H3. The molecule has 3 rings (SSSR count). The number of hydrogen-bond acceptors (Lipinski definition) is 4. The van der Waals surface area contributed by atoms with E-state index in [1.165, 1.54) is 11.4 Å². The number of nitrogens with zero attached hydrogens (tertiary/aromatic N) is 1. The molecule has 0 bridgehead atoms. The summed E-state index contributed by atoms with van der Waals surface area (Å²) >= 11 is 0. The van der Waals surface area contributed by atoms with Gasteiger partial charge in [0.25, 0.3) is 0 Å². The highest BCUT2D eigenvalue weighted by Gasteiger charge is 2.34. The van der Waals surface area contributed by atoms with Crippen LogP contribution in [0.2, 0.25) is 0 Å². The van der Waals surface area contributed by atoms with Crippen LogP contribution in [0.3, 0.4) is 0 Å². The normalized spacial score (nSPS) is 16.6. The van der Waals surface area contributed by atoms with Gasteiger partial charge in [0.2, 0.25) is 10.0 Å². The van der Waals surface area contributed by atoms with Crippen LogP contribution in [0.15, 0.2) is 53.4 Å². The van der Waals surface area contributed by atoms with Gasteiger partial charge in [-0.15, -0.1) is 0 Å². The van der Waals surface area contributed by atoms with E-state index in [9.17, 15) is 26.4 Å². The van der Waals surface area contributed by atoms with Crippen LogP contribution in [0.25, 0.3) is 0 Å². The summed E-state index contributed by atoms with van der Waals surface area (Å²) in [5, 5.41) is 0. The van der Waals surface area contributed by atoms with Gasteiger partial charge in [-0.05, 0) is 61.4 Å². The Kier molecular flexibility index (Phi) is 6.00. The zero-order chi connectivity index (χ0) is 21.2. The van der Waals surface area contributed by atoms with Crippen molar-refractivity contribution in [2.24, 2.45) is 5.92 Å². The number of carbonyl (C=O) groups excluding carboxylic acids is 1. The number of Topliss-reactive ketones (excluding diaryl/α,β-unsaturated/α-hetero) is 1. The molecule has 1 heterocycles. The number of hydrogen-bond donors (Lipinski definition) is 0. The van der Waals surface area contributed by atoms with E-state index in [0.29, 0.717) is 24.2 Å². The average molecular weight is 427 g/mol. The minimum atomic E-state index is -4.53. The van der Waals surface area contributed by atoms with E-state index in [2.05, 4.69) is 0 Å². The summed E-state index contributed by atoms with van der Waals surface area (Å²) in [6.07, 6.45) is -3.82. The maximum Gasteiger partial charge on any atom is 0.416 e. The van der Waals surface area contributed by atoms with Gasteiger partial charge in [-0.2, -0.15) is 17.5 Å². The number of halogens is 3. The first kappa shape index (κ1) is 21.3. The number of piperidine rings is 1. The van der Waals surface area contributed by atoms with E-state index < -0.39 is 21.8 Å². The molecule has 0 aromatic heterocycles. The molecule has 9 heteroatoms. The monoisotopic (exact) mass is 427 g/mol. The topological polar surface area (TPSA) is 63.7 Å². The van der Waals surface area contributed by atoms with Gasteiger partial charge in [-0.3, -0.25) is 4.79 Å². The Labute approximate surface area is 167 Å². The lowest BCUT2D eigenvalue weighted by atomic mass is 9.89. The molecule has 0 spiro atoms. The minimum Gasteiger partial charge on any atom is -0.497 e. The van der Waals surface area contributed by atoms with Crippen LogP contribution < -0.4 is 4.74 Å². The average Bonchev–Trinajstić information content (AvgIpc) is 2.73. The molecule has 1 aliphatic rings. The van der Waals surface area contributed by atoms with Gasteiger partial charge in [-0.1, -0.05) is 0 Å². The van der Waals surface area contributed by atoms with Crippen LogP contribution in [0, 0.1) is 5.92 Å². The first-order chi connectivity index (χ1) is 13.6. The molecule has 0 saturated carbocycles. The van der Waals surface area contributed by atoms with Gasteiger partial charge >= 0.3 is 6.18 Å². The number of ether oxygens (including phenoxy) is 1. The second-order valence-electron chi connectivity index (χ2n) is 6.79. The predicted octanol–water partition coefficient (Wildman–Crippen LogP) is 4.00. The molecule has 0 atom stereocenters. The van der Waals surface area contributed by atoms with Gasteiger partial charge in [-0.25, -0.2) is 8.42 Å². The fourth-order valence-corrected chi connectivity index (χ4v) is 4.78. The van der Waals surface area contributed by atoms with Gasteiger partial charge in [0.1, 0.15) is 5.75 Å². The summed E-state index contributed by atoms with van der Waals surface area (Å²) in [5.41, 5.74) is -0.366. The SMILES string of the molecule is COc1ccc(C(=O)C2CCN(S(=O)(=O)c3ccc(C(F)(F)F)cc3)CC2)cc1. The first-order valence-electron chi connectivity index (χ1n) is 8.98. The van der Waals surface area contributed by atoms with Crippen molar-refractivity contribution in [2.45, 2.75) is 23.9 Å². The van der Waals surface area contributed by atoms with E-state index in [0.717, 1.165) is 24.3 Å². The van der Waals surface area contributed by atoms with Gasteiger partial charge in [0.15, 0.2) is 5.78 Å². The molecule has 0 amide bonds. The Morgan fingerprint density at radius 3 is 2.03 bits per heavy atom. The molecule has 1 aliphatic heterocycles. The van der Waals surface area contributed by atoms with Crippen molar-refractivity contribution in [2.75, 3.05) is 20.2 Å². The molecule has 156 valence electrons. The number of benzene rings is 2. The Morgan fingerprint density at radius 2 is 1.55 bits per heavy atom. The quantitative estimate of drug-likeness (QED) is 0.677. The van der Waals surface area contributed by atoms with Crippen LogP contribution in [0.5, 0.6) is 5.75 Å². The molecule has 0 unspecified atom stereocenters. The maximum atomic E-state index is 12.7. The second-order valence-corrected chi connectivity index (χ2v) is 8.73. The van der Waals surface area contributed by atoms with Gasteiger partial charge in [0, 0.05) is 24.6 Å². The summed E-state index contributed by atoms with van der Waals surface area (Å²) in [6.45, 7) is 0.270. The van der Waals surface area contributed by atoms with Crippen molar-refractivity contribution in [1.29, 1.82) is 0 Å². The van der Waals surface area contributed by atoms with Crippen molar-refractivity contribution >= 4 is 15.8 Å². The van der Waals surface area contributed by atoms with Crippen molar-refractivity contribution in [3.05, 3.63) is 59.7 Å². The predicted molar refractivity (Wildman–Crippen MR) is 100 cm³/mol. The highest BCUT2D eigenvalue weighted by Crippen LogP contribution is 2.31. The van der Waals surface area contributed by atoms with E-state index in [4.69, 9.17) is 4.74 Å². The van der Waals surface area contributed by atoms with Crippen molar-refractivity contribution in [3.63, 3.8) is 0 Å². The molecule has 29 heavy (non-hydrogen) atoms. The van der Waals surface area contributed by atoms with E-state index in [-0.39, 0.29) is 29.7 Å². The Morgan fingerprint density at radius 1 is 1.00 bits per heavy atom. The molecular formula is C20H20F3NO4S. The van der Waals surface area contributed by atoms with Crippen molar-refractivity contribution in [3.8, 4) is 5.75 Å². The molecule has 5 nitrogen and oxygen atoms in total. The molecular weight excluding hydrogens is 407 g/mol. The highest BCUT2D eigenvalue weighted by molar-refractivity contribution is 7.89. The lowest BCUT2D eigenvalue weighted by Crippen LogP contribution is -2.40. The number of methoxy groups -OCH3 is 1. The van der Waals surface area contributed by atoms with Crippen molar-refractivity contribution in [1.82, 2.24) is 4.31 Å². The summed E-state index contributed by atoms with van der Waals surface area (Å²) in [5.74, 6) is 0.278. The number of sulfonamides is 1. The van der Waals surface area contributed by atoms with Crippen LogP contribution in [0.4, 0.5) is 13.2 Å². The van der Waals surface area contributed by atoms with Crippen LogP contribution >= 0.6 is 0 Å². The summed E-state index contributed by atoms with van der Waals surface area (Å²) < 4.78 is 69.7. The zero-order valence-corrected chi connectivity index (χ0v) is 16.5. The fraction of sp³-hybridized carbons (Fsp3) is 0.350. The summed E-state index contributed by atoms with van der Waals surface area (Å²) in [6, 6.07) is 10.2. The third-order valence-corrected chi connectivity index (χ3v) is 6.93. The summed E-state index contributed by atoms with van der Waals surface area (Å²) in [4.78, 5) is 12.5. The van der Waals surface area contributed by atoms with E-state index in [1.54, 1.807) is 24.3 Å². The second kappa shape index (κ2) is 8.16. The Balaban J connectivity index is 1.66. The molecule has 2 aromatic rings. The molecule has 0 radical (unpaired) electrons. The minimum absolute atomic E-state index is 0.0563. The van der Waals surface area contributed by atoms with Gasteiger partial charge in [0.05, 0.1) is 17.6 Å². The lowest BCUT2D eigenvalue weighted by molar-refractivity contribution is -0.137. The molecule has 1 saturated heterocycles. The highest BCUT2D eigenvalue weighted by atomic mass is 32.2.